The Morgan fingerprint density at radius 2 is 1.69 bits per heavy atom. The van der Waals surface area contributed by atoms with Crippen molar-refractivity contribution in [1.82, 2.24) is 14.8 Å². The summed E-state index contributed by atoms with van der Waals surface area (Å²) in [5.74, 6) is 0.972. The van der Waals surface area contributed by atoms with E-state index in [1.807, 2.05) is 56.0 Å². The van der Waals surface area contributed by atoms with Crippen molar-refractivity contribution in [1.29, 1.82) is 0 Å². The van der Waals surface area contributed by atoms with Crippen LogP contribution < -0.4 is 4.90 Å². The molecule has 2 bridgehead atoms. The summed E-state index contributed by atoms with van der Waals surface area (Å²) < 4.78 is 11.1. The zero-order valence-electron chi connectivity index (χ0n) is 20.8. The van der Waals surface area contributed by atoms with Gasteiger partial charge in [0.2, 0.25) is 0 Å². The van der Waals surface area contributed by atoms with Crippen LogP contribution >= 0.6 is 0 Å². The van der Waals surface area contributed by atoms with Gasteiger partial charge in [0.05, 0.1) is 6.54 Å². The number of aromatic nitrogens is 1. The van der Waals surface area contributed by atoms with Crippen molar-refractivity contribution in [3.05, 3.63) is 59.3 Å². The zero-order valence-corrected chi connectivity index (χ0v) is 20.8. The summed E-state index contributed by atoms with van der Waals surface area (Å²) in [7, 11) is 0. The molecule has 2 unspecified atom stereocenters. The standard InChI is InChI=1S/C27H34N4O4/c1-27(2,3)35-26(33)29-14-13-23-20(15-29)9-12-24(28-23)31-21-10-11-22(31)17-30(16-21)25(32)34-18-19-7-5-4-6-8-19/h4-9,12,21-22H,10-11,13-18H2,1-3H3. The van der Waals surface area contributed by atoms with Crippen LogP contribution in [0.2, 0.25) is 0 Å². The number of anilines is 1. The number of hydrogen-bond acceptors (Lipinski definition) is 6. The average Bonchev–Trinajstić information content (AvgIpc) is 3.10. The minimum Gasteiger partial charge on any atom is -0.445 e. The molecule has 4 heterocycles. The molecule has 3 aliphatic rings. The molecule has 2 aromatic rings. The summed E-state index contributed by atoms with van der Waals surface area (Å²) in [6, 6.07) is 14.4. The SMILES string of the molecule is CC(C)(C)OC(=O)N1CCc2nc(N3C4CCC3CN(C(=O)OCc3ccccc3)C4)ccc2C1. The minimum absolute atomic E-state index is 0.241. The van der Waals surface area contributed by atoms with Crippen LogP contribution in [0.4, 0.5) is 15.4 Å². The fourth-order valence-electron chi connectivity index (χ4n) is 5.27. The number of piperazine rings is 1. The second kappa shape index (κ2) is 9.40. The molecule has 0 saturated carbocycles. The molecule has 0 spiro atoms. The van der Waals surface area contributed by atoms with Gasteiger partial charge in [0, 0.05) is 43.8 Å². The summed E-state index contributed by atoms with van der Waals surface area (Å²) in [4.78, 5) is 36.2. The number of benzene rings is 1. The first-order chi connectivity index (χ1) is 16.8. The quantitative estimate of drug-likeness (QED) is 0.652. The first kappa shape index (κ1) is 23.5. The summed E-state index contributed by atoms with van der Waals surface area (Å²) in [6.07, 6.45) is 2.27. The van der Waals surface area contributed by atoms with Crippen LogP contribution in [0.3, 0.4) is 0 Å². The monoisotopic (exact) mass is 478 g/mol. The lowest BCUT2D eigenvalue weighted by molar-refractivity contribution is 0.0222. The highest BCUT2D eigenvalue weighted by Crippen LogP contribution is 2.35. The minimum atomic E-state index is -0.505. The normalized spacial score (nSPS) is 21.5. The smallest absolute Gasteiger partial charge is 0.410 e. The van der Waals surface area contributed by atoms with Crippen molar-refractivity contribution in [2.75, 3.05) is 24.5 Å². The third-order valence-electron chi connectivity index (χ3n) is 6.90. The van der Waals surface area contributed by atoms with Crippen molar-refractivity contribution < 1.29 is 19.1 Å². The van der Waals surface area contributed by atoms with Crippen LogP contribution in [0, 0.1) is 0 Å². The molecular formula is C27H34N4O4. The van der Waals surface area contributed by atoms with Gasteiger partial charge in [-0.15, -0.1) is 0 Å². The van der Waals surface area contributed by atoms with E-state index < -0.39 is 5.60 Å². The van der Waals surface area contributed by atoms with Crippen LogP contribution in [0.15, 0.2) is 42.5 Å². The van der Waals surface area contributed by atoms with E-state index in [4.69, 9.17) is 14.5 Å². The maximum absolute atomic E-state index is 12.7. The molecule has 8 heteroatoms. The Balaban J connectivity index is 1.21. The van der Waals surface area contributed by atoms with Gasteiger partial charge in [-0.3, -0.25) is 0 Å². The number of hydrogen-bond donors (Lipinski definition) is 0. The summed E-state index contributed by atoms with van der Waals surface area (Å²) in [5, 5.41) is 0. The van der Waals surface area contributed by atoms with Crippen LogP contribution in [0.5, 0.6) is 0 Å². The van der Waals surface area contributed by atoms with Gasteiger partial charge in [-0.05, 0) is 50.8 Å². The zero-order chi connectivity index (χ0) is 24.6. The fourth-order valence-corrected chi connectivity index (χ4v) is 5.27. The van der Waals surface area contributed by atoms with Gasteiger partial charge in [-0.25, -0.2) is 14.6 Å². The van der Waals surface area contributed by atoms with E-state index in [9.17, 15) is 9.59 Å². The van der Waals surface area contributed by atoms with Crippen LogP contribution in [0.25, 0.3) is 0 Å². The van der Waals surface area contributed by atoms with Gasteiger partial charge < -0.3 is 24.2 Å². The van der Waals surface area contributed by atoms with Gasteiger partial charge in [0.15, 0.2) is 0 Å². The van der Waals surface area contributed by atoms with Gasteiger partial charge >= 0.3 is 12.2 Å². The van der Waals surface area contributed by atoms with Crippen molar-refractivity contribution in [3.63, 3.8) is 0 Å². The third-order valence-corrected chi connectivity index (χ3v) is 6.90. The molecule has 1 aromatic carbocycles. The molecule has 0 aliphatic carbocycles. The third kappa shape index (κ3) is 5.21. The first-order valence-electron chi connectivity index (χ1n) is 12.5. The number of carbonyl (C=O) groups excluding carboxylic acids is 2. The van der Waals surface area contributed by atoms with E-state index in [2.05, 4.69) is 17.0 Å². The topological polar surface area (TPSA) is 75.2 Å². The Kier molecular flexibility index (Phi) is 6.30. The highest BCUT2D eigenvalue weighted by molar-refractivity contribution is 5.69. The average molecular weight is 479 g/mol. The van der Waals surface area contributed by atoms with Crippen LogP contribution in [-0.2, 0) is 29.0 Å². The first-order valence-corrected chi connectivity index (χ1v) is 12.5. The van der Waals surface area contributed by atoms with E-state index in [1.54, 1.807) is 4.90 Å². The van der Waals surface area contributed by atoms with Gasteiger partial charge in [0.25, 0.3) is 0 Å². The maximum atomic E-state index is 12.7. The van der Waals surface area contributed by atoms with Gasteiger partial charge in [0.1, 0.15) is 18.0 Å². The highest BCUT2D eigenvalue weighted by atomic mass is 16.6. The molecule has 2 fully saturated rings. The number of carbonyl (C=O) groups is 2. The molecule has 2 atom stereocenters. The van der Waals surface area contributed by atoms with Crippen molar-refractivity contribution >= 4 is 18.0 Å². The Labute approximate surface area is 206 Å². The molecule has 0 radical (unpaired) electrons. The van der Waals surface area contributed by atoms with Crippen LogP contribution in [-0.4, -0.2) is 64.3 Å². The highest BCUT2D eigenvalue weighted by Gasteiger charge is 2.42. The number of rotatable bonds is 3. The second-order valence-corrected chi connectivity index (χ2v) is 10.7. The molecule has 186 valence electrons. The predicted molar refractivity (Wildman–Crippen MR) is 132 cm³/mol. The summed E-state index contributed by atoms with van der Waals surface area (Å²) in [5.41, 5.74) is 2.60. The van der Waals surface area contributed by atoms with E-state index >= 15 is 0 Å². The Bertz CT molecular complexity index is 1070. The lowest BCUT2D eigenvalue weighted by Gasteiger charge is -2.41. The molecule has 8 nitrogen and oxygen atoms in total. The number of nitrogens with zero attached hydrogens (tertiary/aromatic N) is 4. The molecule has 1 aromatic heterocycles. The number of amides is 2. The van der Waals surface area contributed by atoms with Crippen molar-refractivity contribution in [2.24, 2.45) is 0 Å². The Hall–Kier alpha value is -3.29. The van der Waals surface area contributed by atoms with E-state index in [0.29, 0.717) is 39.2 Å². The Morgan fingerprint density at radius 1 is 0.971 bits per heavy atom. The molecular weight excluding hydrogens is 444 g/mol. The summed E-state index contributed by atoms with van der Waals surface area (Å²) in [6.45, 7) is 8.36. The Morgan fingerprint density at radius 3 is 2.37 bits per heavy atom. The van der Waals surface area contributed by atoms with Crippen molar-refractivity contribution in [3.8, 4) is 0 Å². The molecule has 2 saturated heterocycles. The van der Waals surface area contributed by atoms with Gasteiger partial charge in [-0.1, -0.05) is 36.4 Å². The van der Waals surface area contributed by atoms with Crippen molar-refractivity contribution in [2.45, 2.75) is 70.9 Å². The second-order valence-electron chi connectivity index (χ2n) is 10.7. The largest absolute Gasteiger partial charge is 0.445 e. The van der Waals surface area contributed by atoms with E-state index in [-0.39, 0.29) is 24.3 Å². The summed E-state index contributed by atoms with van der Waals surface area (Å²) >= 11 is 0. The number of fused-ring (bicyclic) bond motifs is 3. The van der Waals surface area contributed by atoms with Crippen LogP contribution in [0.1, 0.15) is 50.4 Å². The fraction of sp³-hybridized carbons (Fsp3) is 0.519. The molecule has 2 amide bonds. The molecule has 0 N–H and O–H groups in total. The van der Waals surface area contributed by atoms with E-state index in [0.717, 1.165) is 35.5 Å². The molecule has 35 heavy (non-hydrogen) atoms. The lowest BCUT2D eigenvalue weighted by atomic mass is 10.1. The van der Waals surface area contributed by atoms with E-state index in [1.165, 1.54) is 0 Å². The predicted octanol–water partition coefficient (Wildman–Crippen LogP) is 4.36. The molecule has 3 aliphatic heterocycles. The number of ether oxygens (including phenoxy) is 2. The number of likely N-dealkylation sites (tertiary alicyclic amines) is 1. The van der Waals surface area contributed by atoms with Gasteiger partial charge in [-0.2, -0.15) is 0 Å². The molecule has 5 rings (SSSR count). The lowest BCUT2D eigenvalue weighted by Crippen LogP contribution is -2.56. The number of pyridine rings is 1. The maximum Gasteiger partial charge on any atom is 0.410 e.